The highest BCUT2D eigenvalue weighted by atomic mass is 16.1. The normalized spacial score (nSPS) is 11.0. The van der Waals surface area contributed by atoms with Gasteiger partial charge in [-0.05, 0) is 19.1 Å². The molecule has 0 amide bonds. The van der Waals surface area contributed by atoms with Crippen LogP contribution in [0.4, 0.5) is 0 Å². The zero-order valence-corrected chi connectivity index (χ0v) is 10.3. The number of hydrogen-bond acceptors (Lipinski definition) is 2. The van der Waals surface area contributed by atoms with Crippen molar-refractivity contribution in [3.8, 4) is 11.1 Å². The summed E-state index contributed by atoms with van der Waals surface area (Å²) < 4.78 is 1.38. The highest BCUT2D eigenvalue weighted by Crippen LogP contribution is 2.26. The zero-order valence-electron chi connectivity index (χ0n) is 10.3. The van der Waals surface area contributed by atoms with Gasteiger partial charge in [-0.15, -0.1) is 0 Å². The molecule has 0 aliphatic heterocycles. The van der Waals surface area contributed by atoms with Crippen LogP contribution in [0.3, 0.4) is 0 Å². The molecule has 3 aromatic rings. The first-order valence-electron chi connectivity index (χ1n) is 5.78. The van der Waals surface area contributed by atoms with Crippen LogP contribution in [0.15, 0.2) is 41.3 Å². The molecule has 0 aliphatic rings. The molecule has 1 N–H and O–H groups in total. The molecule has 0 bridgehead atoms. The lowest BCUT2D eigenvalue weighted by atomic mass is 10.1. The van der Waals surface area contributed by atoms with Crippen LogP contribution in [0.25, 0.3) is 22.0 Å². The van der Waals surface area contributed by atoms with E-state index in [1.165, 1.54) is 4.68 Å². The Balaban J connectivity index is 2.36. The lowest BCUT2D eigenvalue weighted by Crippen LogP contribution is -2.21. The minimum atomic E-state index is -0.0784. The molecule has 4 nitrogen and oxygen atoms in total. The fraction of sp³-hybridized carbons (Fsp3) is 0.143. The zero-order chi connectivity index (χ0) is 12.7. The Kier molecular flexibility index (Phi) is 2.30. The Labute approximate surface area is 104 Å². The number of para-hydroxylation sites is 1. The predicted molar refractivity (Wildman–Crippen MR) is 71.5 cm³/mol. The molecular formula is C14H13N3O. The number of benzene rings is 1. The molecule has 4 heteroatoms. The van der Waals surface area contributed by atoms with Crippen molar-refractivity contribution in [3.63, 3.8) is 0 Å². The van der Waals surface area contributed by atoms with Gasteiger partial charge in [-0.3, -0.25) is 4.79 Å². The second-order valence-corrected chi connectivity index (χ2v) is 4.38. The van der Waals surface area contributed by atoms with Crippen LogP contribution in [0, 0.1) is 6.92 Å². The molecule has 0 fully saturated rings. The fourth-order valence-electron chi connectivity index (χ4n) is 2.24. The Hall–Kier alpha value is -2.36. The molecule has 0 unspecified atom stereocenters. The molecule has 0 aliphatic carbocycles. The van der Waals surface area contributed by atoms with Crippen LogP contribution in [-0.4, -0.2) is 14.8 Å². The molecule has 2 heterocycles. The Morgan fingerprint density at radius 2 is 2.00 bits per heavy atom. The number of H-pyrrole nitrogens is 1. The minimum absolute atomic E-state index is 0.0784. The van der Waals surface area contributed by atoms with Crippen molar-refractivity contribution in [2.45, 2.75) is 6.92 Å². The highest BCUT2D eigenvalue weighted by Gasteiger charge is 2.11. The van der Waals surface area contributed by atoms with E-state index in [4.69, 9.17) is 0 Å². The largest absolute Gasteiger partial charge is 0.361 e. The lowest BCUT2D eigenvalue weighted by Gasteiger charge is -2.03. The van der Waals surface area contributed by atoms with Crippen molar-refractivity contribution in [3.05, 3.63) is 52.6 Å². The third kappa shape index (κ3) is 1.54. The average molecular weight is 239 g/mol. The molecule has 0 atom stereocenters. The van der Waals surface area contributed by atoms with Crippen molar-refractivity contribution < 1.29 is 0 Å². The van der Waals surface area contributed by atoms with Gasteiger partial charge in [-0.2, -0.15) is 5.10 Å². The number of fused-ring (bicyclic) bond motifs is 1. The smallest absolute Gasteiger partial charge is 0.274 e. The maximum atomic E-state index is 12.1. The third-order valence-electron chi connectivity index (χ3n) is 3.06. The van der Waals surface area contributed by atoms with E-state index in [0.29, 0.717) is 5.56 Å². The molecule has 0 saturated heterocycles. The van der Waals surface area contributed by atoms with E-state index in [-0.39, 0.29) is 5.56 Å². The summed E-state index contributed by atoms with van der Waals surface area (Å²) in [7, 11) is 1.67. The second kappa shape index (κ2) is 3.84. The second-order valence-electron chi connectivity index (χ2n) is 4.38. The quantitative estimate of drug-likeness (QED) is 0.708. The summed E-state index contributed by atoms with van der Waals surface area (Å²) in [6.45, 7) is 1.89. The molecule has 90 valence electrons. The topological polar surface area (TPSA) is 50.7 Å². The predicted octanol–water partition coefficient (Wildman–Crippen LogP) is 2.24. The van der Waals surface area contributed by atoms with E-state index in [1.807, 2.05) is 43.5 Å². The summed E-state index contributed by atoms with van der Waals surface area (Å²) >= 11 is 0. The number of aromatic nitrogens is 3. The van der Waals surface area contributed by atoms with E-state index in [9.17, 15) is 4.79 Å². The van der Waals surface area contributed by atoms with E-state index in [2.05, 4.69) is 10.1 Å². The minimum Gasteiger partial charge on any atom is -0.361 e. The number of nitrogens with zero attached hydrogens (tertiary/aromatic N) is 2. The first kappa shape index (κ1) is 10.8. The maximum Gasteiger partial charge on any atom is 0.274 e. The lowest BCUT2D eigenvalue weighted by molar-refractivity contribution is 0.695. The molecule has 0 spiro atoms. The number of aryl methyl sites for hydroxylation is 2. The summed E-state index contributed by atoms with van der Waals surface area (Å²) in [6, 6.07) is 9.78. The van der Waals surface area contributed by atoms with Gasteiger partial charge >= 0.3 is 0 Å². The van der Waals surface area contributed by atoms with Gasteiger partial charge in [0, 0.05) is 29.7 Å². The Morgan fingerprint density at radius 3 is 2.83 bits per heavy atom. The van der Waals surface area contributed by atoms with E-state index < -0.39 is 0 Å². The standard InChI is InChI=1S/C14H13N3O/c1-9-7-11(14(18)17(2)16-9)12-8-15-13-6-4-3-5-10(12)13/h3-8,15H,1-2H3. The van der Waals surface area contributed by atoms with Gasteiger partial charge in [-0.1, -0.05) is 18.2 Å². The SMILES string of the molecule is Cc1cc(-c2c[nH]c3ccccc23)c(=O)n(C)n1. The van der Waals surface area contributed by atoms with Crippen LogP contribution in [0.1, 0.15) is 5.69 Å². The van der Waals surface area contributed by atoms with Crippen molar-refractivity contribution in [1.82, 2.24) is 14.8 Å². The number of hydrogen-bond donors (Lipinski definition) is 1. The summed E-state index contributed by atoms with van der Waals surface area (Å²) in [5.74, 6) is 0. The summed E-state index contributed by atoms with van der Waals surface area (Å²) in [6.07, 6.45) is 1.88. The first-order chi connectivity index (χ1) is 8.66. The molecular weight excluding hydrogens is 226 g/mol. The molecule has 0 radical (unpaired) electrons. The van der Waals surface area contributed by atoms with E-state index >= 15 is 0 Å². The van der Waals surface area contributed by atoms with E-state index in [0.717, 1.165) is 22.2 Å². The van der Waals surface area contributed by atoms with Gasteiger partial charge in [0.2, 0.25) is 0 Å². The summed E-state index contributed by atoms with van der Waals surface area (Å²) in [4.78, 5) is 15.3. The van der Waals surface area contributed by atoms with E-state index in [1.54, 1.807) is 7.05 Å². The number of aromatic amines is 1. The number of nitrogens with one attached hydrogen (secondary N) is 1. The van der Waals surface area contributed by atoms with Gasteiger partial charge in [0.25, 0.3) is 5.56 Å². The number of rotatable bonds is 1. The van der Waals surface area contributed by atoms with Crippen LogP contribution < -0.4 is 5.56 Å². The fourth-order valence-corrected chi connectivity index (χ4v) is 2.24. The molecule has 18 heavy (non-hydrogen) atoms. The highest BCUT2D eigenvalue weighted by molar-refractivity contribution is 5.95. The van der Waals surface area contributed by atoms with Gasteiger partial charge < -0.3 is 4.98 Å². The van der Waals surface area contributed by atoms with Crippen molar-refractivity contribution in [1.29, 1.82) is 0 Å². The van der Waals surface area contributed by atoms with Crippen LogP contribution in [0.5, 0.6) is 0 Å². The molecule has 1 aromatic carbocycles. The summed E-state index contributed by atoms with van der Waals surface area (Å²) in [5, 5.41) is 5.17. The third-order valence-corrected chi connectivity index (χ3v) is 3.06. The van der Waals surface area contributed by atoms with Crippen LogP contribution >= 0.6 is 0 Å². The molecule has 2 aromatic heterocycles. The monoisotopic (exact) mass is 239 g/mol. The van der Waals surface area contributed by atoms with Crippen molar-refractivity contribution in [2.24, 2.45) is 7.05 Å². The molecule has 3 rings (SSSR count). The van der Waals surface area contributed by atoms with Crippen molar-refractivity contribution in [2.75, 3.05) is 0 Å². The van der Waals surface area contributed by atoms with Crippen molar-refractivity contribution >= 4 is 10.9 Å². The maximum absolute atomic E-state index is 12.1. The van der Waals surface area contributed by atoms with Gasteiger partial charge in [-0.25, -0.2) is 4.68 Å². The molecule has 0 saturated carbocycles. The summed E-state index contributed by atoms with van der Waals surface area (Å²) in [5.41, 5.74) is 3.39. The Morgan fingerprint density at radius 1 is 1.22 bits per heavy atom. The van der Waals surface area contributed by atoms with Gasteiger partial charge in [0.05, 0.1) is 11.3 Å². The van der Waals surface area contributed by atoms with Gasteiger partial charge in [0.15, 0.2) is 0 Å². The Bertz CT molecular complexity index is 783. The average Bonchev–Trinajstić information content (AvgIpc) is 2.77. The van der Waals surface area contributed by atoms with Crippen LogP contribution in [0.2, 0.25) is 0 Å². The van der Waals surface area contributed by atoms with Gasteiger partial charge in [0.1, 0.15) is 0 Å². The van der Waals surface area contributed by atoms with Crippen LogP contribution in [-0.2, 0) is 7.05 Å². The first-order valence-corrected chi connectivity index (χ1v) is 5.78.